The first-order valence-electron chi connectivity index (χ1n) is 5.70. The molecule has 1 aliphatic rings. The smallest absolute Gasteiger partial charge is 0.220 e. The third-order valence-electron chi connectivity index (χ3n) is 3.21. The Kier molecular flexibility index (Phi) is 2.97. The lowest BCUT2D eigenvalue weighted by Crippen LogP contribution is -2.46. The number of aryl methyl sites for hydroxylation is 2. The minimum absolute atomic E-state index is 0.0261. The molecule has 3 heteroatoms. The van der Waals surface area contributed by atoms with E-state index in [1.54, 1.807) is 0 Å². The maximum atomic E-state index is 11.4. The highest BCUT2D eigenvalue weighted by molar-refractivity contribution is 5.77. The SMILES string of the molecule is Cc1ccc(C2NC(=O)CCC2N)c(C)c1. The number of amides is 1. The van der Waals surface area contributed by atoms with E-state index in [9.17, 15) is 4.79 Å². The molecule has 2 rings (SSSR count). The highest BCUT2D eigenvalue weighted by Gasteiger charge is 2.27. The lowest BCUT2D eigenvalue weighted by atomic mass is 9.89. The van der Waals surface area contributed by atoms with E-state index in [1.807, 2.05) is 0 Å². The van der Waals surface area contributed by atoms with E-state index >= 15 is 0 Å². The Hall–Kier alpha value is -1.35. The molecule has 0 bridgehead atoms. The summed E-state index contributed by atoms with van der Waals surface area (Å²) in [4.78, 5) is 11.4. The molecule has 0 radical (unpaired) electrons. The van der Waals surface area contributed by atoms with Crippen molar-refractivity contribution in [2.45, 2.75) is 38.8 Å². The first-order chi connectivity index (χ1) is 7.58. The van der Waals surface area contributed by atoms with Gasteiger partial charge in [-0.1, -0.05) is 23.8 Å². The molecular weight excluding hydrogens is 200 g/mol. The van der Waals surface area contributed by atoms with Crippen LogP contribution in [0.5, 0.6) is 0 Å². The Bertz CT molecular complexity index is 414. The van der Waals surface area contributed by atoms with Crippen molar-refractivity contribution in [3.8, 4) is 0 Å². The summed E-state index contributed by atoms with van der Waals surface area (Å²) in [5.41, 5.74) is 9.64. The van der Waals surface area contributed by atoms with Crippen LogP contribution < -0.4 is 11.1 Å². The zero-order chi connectivity index (χ0) is 11.7. The van der Waals surface area contributed by atoms with Gasteiger partial charge in [-0.25, -0.2) is 0 Å². The summed E-state index contributed by atoms with van der Waals surface area (Å²) in [6, 6.07) is 6.26. The molecule has 2 unspecified atom stereocenters. The van der Waals surface area contributed by atoms with E-state index < -0.39 is 0 Å². The van der Waals surface area contributed by atoms with Crippen molar-refractivity contribution in [3.63, 3.8) is 0 Å². The average Bonchev–Trinajstić information content (AvgIpc) is 2.22. The normalized spacial score (nSPS) is 25.3. The van der Waals surface area contributed by atoms with E-state index in [0.29, 0.717) is 6.42 Å². The Balaban J connectivity index is 2.31. The maximum Gasteiger partial charge on any atom is 0.220 e. The van der Waals surface area contributed by atoms with Gasteiger partial charge in [0.2, 0.25) is 5.91 Å². The van der Waals surface area contributed by atoms with Gasteiger partial charge in [0, 0.05) is 12.5 Å². The van der Waals surface area contributed by atoms with Crippen LogP contribution >= 0.6 is 0 Å². The summed E-state index contributed by atoms with van der Waals surface area (Å²) in [7, 11) is 0. The molecule has 1 amide bonds. The van der Waals surface area contributed by atoms with Crippen molar-refractivity contribution >= 4 is 5.91 Å². The summed E-state index contributed by atoms with van der Waals surface area (Å²) in [6.07, 6.45) is 1.31. The number of carbonyl (C=O) groups is 1. The van der Waals surface area contributed by atoms with Crippen LogP contribution in [-0.2, 0) is 4.79 Å². The van der Waals surface area contributed by atoms with Crippen LogP contribution in [0.2, 0.25) is 0 Å². The zero-order valence-corrected chi connectivity index (χ0v) is 9.79. The molecule has 0 spiro atoms. The molecule has 1 fully saturated rings. The van der Waals surface area contributed by atoms with Crippen LogP contribution in [0.4, 0.5) is 0 Å². The molecule has 86 valence electrons. The van der Waals surface area contributed by atoms with E-state index in [4.69, 9.17) is 5.73 Å². The van der Waals surface area contributed by atoms with Crippen LogP contribution in [0.1, 0.15) is 35.6 Å². The third kappa shape index (κ3) is 2.09. The lowest BCUT2D eigenvalue weighted by molar-refractivity contribution is -0.123. The third-order valence-corrected chi connectivity index (χ3v) is 3.21. The first kappa shape index (κ1) is 11.1. The number of rotatable bonds is 1. The molecule has 1 aliphatic heterocycles. The van der Waals surface area contributed by atoms with Crippen molar-refractivity contribution in [2.24, 2.45) is 5.73 Å². The van der Waals surface area contributed by atoms with Gasteiger partial charge in [-0.3, -0.25) is 4.79 Å². The number of nitrogens with one attached hydrogen (secondary N) is 1. The fourth-order valence-corrected chi connectivity index (χ4v) is 2.30. The average molecular weight is 218 g/mol. The van der Waals surface area contributed by atoms with Crippen molar-refractivity contribution in [2.75, 3.05) is 0 Å². The molecule has 16 heavy (non-hydrogen) atoms. The van der Waals surface area contributed by atoms with Gasteiger partial charge in [-0.05, 0) is 31.4 Å². The highest BCUT2D eigenvalue weighted by Crippen LogP contribution is 2.25. The Labute approximate surface area is 96.0 Å². The summed E-state index contributed by atoms with van der Waals surface area (Å²) in [6.45, 7) is 4.13. The van der Waals surface area contributed by atoms with Gasteiger partial charge in [-0.15, -0.1) is 0 Å². The number of piperidine rings is 1. The molecule has 1 aromatic rings. The van der Waals surface area contributed by atoms with Gasteiger partial charge < -0.3 is 11.1 Å². The zero-order valence-electron chi connectivity index (χ0n) is 9.79. The summed E-state index contributed by atoms with van der Waals surface area (Å²) < 4.78 is 0. The lowest BCUT2D eigenvalue weighted by Gasteiger charge is -2.31. The molecule has 1 saturated heterocycles. The summed E-state index contributed by atoms with van der Waals surface area (Å²) in [5, 5.41) is 2.98. The Morgan fingerprint density at radius 1 is 1.38 bits per heavy atom. The van der Waals surface area contributed by atoms with Gasteiger partial charge in [0.15, 0.2) is 0 Å². The molecule has 2 atom stereocenters. The minimum atomic E-state index is -0.0261. The number of nitrogens with two attached hydrogens (primary N) is 1. The fraction of sp³-hybridized carbons (Fsp3) is 0.462. The largest absolute Gasteiger partial charge is 0.348 e. The molecule has 0 aliphatic carbocycles. The van der Waals surface area contributed by atoms with Gasteiger partial charge in [0.05, 0.1) is 6.04 Å². The topological polar surface area (TPSA) is 55.1 Å². The Morgan fingerprint density at radius 3 is 2.81 bits per heavy atom. The number of hydrogen-bond donors (Lipinski definition) is 2. The second-order valence-electron chi connectivity index (χ2n) is 4.61. The van der Waals surface area contributed by atoms with Gasteiger partial charge in [0.25, 0.3) is 0 Å². The van der Waals surface area contributed by atoms with Crippen LogP contribution in [0, 0.1) is 13.8 Å². The maximum absolute atomic E-state index is 11.4. The summed E-state index contributed by atoms with van der Waals surface area (Å²) >= 11 is 0. The van der Waals surface area contributed by atoms with Crippen LogP contribution in [-0.4, -0.2) is 11.9 Å². The second kappa shape index (κ2) is 4.26. The van der Waals surface area contributed by atoms with E-state index in [2.05, 4.69) is 37.4 Å². The van der Waals surface area contributed by atoms with Crippen LogP contribution in [0.25, 0.3) is 0 Å². The standard InChI is InChI=1S/C13H18N2O/c1-8-3-4-10(9(2)7-8)13-11(14)5-6-12(16)15-13/h3-4,7,11,13H,5-6,14H2,1-2H3,(H,15,16). The molecule has 0 saturated carbocycles. The molecule has 3 N–H and O–H groups in total. The van der Waals surface area contributed by atoms with Crippen LogP contribution in [0.15, 0.2) is 18.2 Å². The van der Waals surface area contributed by atoms with Gasteiger partial charge >= 0.3 is 0 Å². The van der Waals surface area contributed by atoms with Gasteiger partial charge in [0.1, 0.15) is 0 Å². The Morgan fingerprint density at radius 2 is 2.12 bits per heavy atom. The highest BCUT2D eigenvalue weighted by atomic mass is 16.1. The second-order valence-corrected chi connectivity index (χ2v) is 4.61. The number of carbonyl (C=O) groups excluding carboxylic acids is 1. The first-order valence-corrected chi connectivity index (χ1v) is 5.70. The van der Waals surface area contributed by atoms with Crippen LogP contribution in [0.3, 0.4) is 0 Å². The molecular formula is C13H18N2O. The minimum Gasteiger partial charge on any atom is -0.348 e. The fourth-order valence-electron chi connectivity index (χ4n) is 2.30. The van der Waals surface area contributed by atoms with Crippen molar-refractivity contribution < 1.29 is 4.79 Å². The predicted octanol–water partition coefficient (Wildman–Crippen LogP) is 1.58. The molecule has 0 aromatic heterocycles. The summed E-state index contributed by atoms with van der Waals surface area (Å²) in [5.74, 6) is 0.103. The molecule has 3 nitrogen and oxygen atoms in total. The van der Waals surface area contributed by atoms with Gasteiger partial charge in [-0.2, -0.15) is 0 Å². The number of benzene rings is 1. The van der Waals surface area contributed by atoms with Crippen molar-refractivity contribution in [1.82, 2.24) is 5.32 Å². The quantitative estimate of drug-likeness (QED) is 0.752. The van der Waals surface area contributed by atoms with Crippen molar-refractivity contribution in [1.29, 1.82) is 0 Å². The number of hydrogen-bond acceptors (Lipinski definition) is 2. The predicted molar refractivity (Wildman–Crippen MR) is 64.0 cm³/mol. The van der Waals surface area contributed by atoms with Crippen molar-refractivity contribution in [3.05, 3.63) is 34.9 Å². The molecule has 1 heterocycles. The van der Waals surface area contributed by atoms with E-state index in [-0.39, 0.29) is 18.0 Å². The monoisotopic (exact) mass is 218 g/mol. The van der Waals surface area contributed by atoms with E-state index in [1.165, 1.54) is 11.1 Å². The molecule has 1 aromatic carbocycles. The van der Waals surface area contributed by atoms with E-state index in [0.717, 1.165) is 12.0 Å².